The first-order valence-electron chi connectivity index (χ1n) is 4.95. The normalized spacial score (nSPS) is 22.7. The minimum atomic E-state index is -3.22. The monoisotopic (exact) mass is 257 g/mol. The second-order valence-electron chi connectivity index (χ2n) is 3.75. The van der Waals surface area contributed by atoms with Gasteiger partial charge in [0.15, 0.2) is 0 Å². The van der Waals surface area contributed by atoms with Crippen molar-refractivity contribution in [3.63, 3.8) is 0 Å². The molecule has 92 valence electrons. The van der Waals surface area contributed by atoms with Crippen LogP contribution in [0.3, 0.4) is 0 Å². The van der Waals surface area contributed by atoms with E-state index in [1.807, 2.05) is 0 Å². The summed E-state index contributed by atoms with van der Waals surface area (Å²) in [5, 5.41) is 2.89. The molecule has 7 heteroatoms. The summed E-state index contributed by atoms with van der Waals surface area (Å²) in [6.07, 6.45) is 0.965. The number of nitrogens with zero attached hydrogens (tertiary/aromatic N) is 1. The molecule has 1 aliphatic rings. The first-order valence-corrected chi connectivity index (χ1v) is 6.39. The van der Waals surface area contributed by atoms with Crippen LogP contribution in [-0.2, 0) is 10.2 Å². The maximum atomic E-state index is 11.6. The molecule has 1 rings (SSSR count). The molecule has 15 heavy (non-hydrogen) atoms. The summed E-state index contributed by atoms with van der Waals surface area (Å²) in [7, 11) is -1.42. The first-order chi connectivity index (χ1) is 6.56. The van der Waals surface area contributed by atoms with E-state index in [-0.39, 0.29) is 12.4 Å². The van der Waals surface area contributed by atoms with Gasteiger partial charge in [-0.15, -0.1) is 12.4 Å². The van der Waals surface area contributed by atoms with Gasteiger partial charge in [-0.25, -0.2) is 4.72 Å². The van der Waals surface area contributed by atoms with Crippen molar-refractivity contribution in [2.24, 2.45) is 5.92 Å². The summed E-state index contributed by atoms with van der Waals surface area (Å²) in [6, 6.07) is 0. The summed E-state index contributed by atoms with van der Waals surface area (Å²) in [6.45, 7) is 4.47. The van der Waals surface area contributed by atoms with Crippen molar-refractivity contribution in [2.75, 3.05) is 33.2 Å². The average molecular weight is 258 g/mol. The molecule has 0 aliphatic carbocycles. The zero-order valence-electron chi connectivity index (χ0n) is 9.19. The van der Waals surface area contributed by atoms with Gasteiger partial charge in [0.1, 0.15) is 0 Å². The van der Waals surface area contributed by atoms with Gasteiger partial charge in [-0.1, -0.05) is 6.92 Å². The van der Waals surface area contributed by atoms with E-state index >= 15 is 0 Å². The molecule has 0 aromatic heterocycles. The van der Waals surface area contributed by atoms with Gasteiger partial charge in [0.05, 0.1) is 0 Å². The van der Waals surface area contributed by atoms with Crippen LogP contribution in [0, 0.1) is 5.92 Å². The van der Waals surface area contributed by atoms with E-state index in [0.29, 0.717) is 32.1 Å². The molecule has 0 saturated carbocycles. The molecule has 0 aromatic rings. The summed E-state index contributed by atoms with van der Waals surface area (Å²) in [4.78, 5) is 0. The highest BCUT2D eigenvalue weighted by Gasteiger charge is 2.28. The molecule has 2 N–H and O–H groups in total. The van der Waals surface area contributed by atoms with Gasteiger partial charge in [0.2, 0.25) is 0 Å². The molecular weight excluding hydrogens is 238 g/mol. The Bertz CT molecular complexity index is 271. The van der Waals surface area contributed by atoms with Gasteiger partial charge in [-0.05, 0) is 19.4 Å². The van der Waals surface area contributed by atoms with Gasteiger partial charge in [0.25, 0.3) is 10.2 Å². The molecule has 1 fully saturated rings. The van der Waals surface area contributed by atoms with Crippen molar-refractivity contribution in [3.05, 3.63) is 0 Å². The van der Waals surface area contributed by atoms with Crippen LogP contribution in [0.1, 0.15) is 13.3 Å². The Labute approximate surface area is 98.2 Å². The maximum Gasteiger partial charge on any atom is 0.279 e. The Hall–Kier alpha value is 0.120. The maximum absolute atomic E-state index is 11.6. The fourth-order valence-corrected chi connectivity index (χ4v) is 2.85. The summed E-state index contributed by atoms with van der Waals surface area (Å²) in [5.41, 5.74) is 0. The third-order valence-corrected chi connectivity index (χ3v) is 3.97. The van der Waals surface area contributed by atoms with Crippen molar-refractivity contribution >= 4 is 22.6 Å². The molecule has 0 radical (unpaired) electrons. The summed E-state index contributed by atoms with van der Waals surface area (Å²) in [5.74, 6) is 0.482. The zero-order chi connectivity index (χ0) is 10.6. The number of likely N-dealkylation sites (N-methyl/N-ethyl adjacent to an activating group) is 1. The van der Waals surface area contributed by atoms with Crippen LogP contribution < -0.4 is 10.0 Å². The molecule has 0 amide bonds. The largest absolute Gasteiger partial charge is 0.318 e. The molecule has 1 aliphatic heterocycles. The van der Waals surface area contributed by atoms with Gasteiger partial charge >= 0.3 is 0 Å². The number of nitrogens with one attached hydrogen (secondary N) is 2. The van der Waals surface area contributed by atoms with E-state index in [1.165, 1.54) is 4.31 Å². The quantitative estimate of drug-likeness (QED) is 0.671. The molecule has 0 aromatic carbocycles. The fourth-order valence-electron chi connectivity index (χ4n) is 1.51. The van der Waals surface area contributed by atoms with Crippen molar-refractivity contribution in [1.29, 1.82) is 0 Å². The summed E-state index contributed by atoms with van der Waals surface area (Å²) < 4.78 is 27.4. The van der Waals surface area contributed by atoms with Crippen molar-refractivity contribution in [1.82, 2.24) is 14.3 Å². The second-order valence-corrected chi connectivity index (χ2v) is 5.51. The van der Waals surface area contributed by atoms with Gasteiger partial charge in [-0.3, -0.25) is 0 Å². The minimum absolute atomic E-state index is 0. The molecule has 0 spiro atoms. The second kappa shape index (κ2) is 6.65. The topological polar surface area (TPSA) is 61.4 Å². The Morgan fingerprint density at radius 2 is 2.07 bits per heavy atom. The van der Waals surface area contributed by atoms with Crippen molar-refractivity contribution in [3.8, 4) is 0 Å². The highest BCUT2D eigenvalue weighted by molar-refractivity contribution is 7.87. The third kappa shape index (κ3) is 4.65. The summed E-state index contributed by atoms with van der Waals surface area (Å²) >= 11 is 0. The van der Waals surface area contributed by atoms with Gasteiger partial charge in [0, 0.05) is 26.2 Å². The predicted octanol–water partition coefficient (Wildman–Crippen LogP) is -0.196. The van der Waals surface area contributed by atoms with Crippen LogP contribution in [0.2, 0.25) is 0 Å². The third-order valence-electron chi connectivity index (χ3n) is 2.39. The predicted molar refractivity (Wildman–Crippen MR) is 63.5 cm³/mol. The number of halogens is 1. The number of hydrogen-bond donors (Lipinski definition) is 2. The van der Waals surface area contributed by atoms with E-state index in [0.717, 1.165) is 6.42 Å². The minimum Gasteiger partial charge on any atom is -0.318 e. The van der Waals surface area contributed by atoms with E-state index in [4.69, 9.17) is 0 Å². The highest BCUT2D eigenvalue weighted by Crippen LogP contribution is 2.17. The van der Waals surface area contributed by atoms with Gasteiger partial charge in [-0.2, -0.15) is 12.7 Å². The Morgan fingerprint density at radius 3 is 2.53 bits per heavy atom. The molecule has 1 atom stereocenters. The van der Waals surface area contributed by atoms with E-state index < -0.39 is 10.2 Å². The molecule has 1 saturated heterocycles. The van der Waals surface area contributed by atoms with E-state index in [2.05, 4.69) is 17.0 Å². The smallest absolute Gasteiger partial charge is 0.279 e. The fraction of sp³-hybridized carbons (Fsp3) is 1.00. The van der Waals surface area contributed by atoms with Gasteiger partial charge < -0.3 is 5.32 Å². The molecule has 0 bridgehead atoms. The lowest BCUT2D eigenvalue weighted by Gasteiger charge is -2.16. The highest BCUT2D eigenvalue weighted by atomic mass is 35.5. The molecule has 1 heterocycles. The van der Waals surface area contributed by atoms with Crippen LogP contribution in [0.5, 0.6) is 0 Å². The Balaban J connectivity index is 0.00000196. The van der Waals surface area contributed by atoms with Crippen LogP contribution in [0.4, 0.5) is 0 Å². The standard InChI is InChI=1S/C8H19N3O2S.ClH/c1-8-3-6-11(7-8)14(12,13)10-5-4-9-2;/h8-10H,3-7H2,1-2H3;1H. The zero-order valence-corrected chi connectivity index (χ0v) is 10.8. The molecular formula is C8H20ClN3O2S. The number of hydrogen-bond acceptors (Lipinski definition) is 3. The van der Waals surface area contributed by atoms with Crippen LogP contribution in [0.15, 0.2) is 0 Å². The molecule has 5 nitrogen and oxygen atoms in total. The van der Waals surface area contributed by atoms with Crippen LogP contribution >= 0.6 is 12.4 Å². The number of rotatable bonds is 5. The van der Waals surface area contributed by atoms with Crippen LogP contribution in [-0.4, -0.2) is 45.9 Å². The van der Waals surface area contributed by atoms with E-state index in [1.54, 1.807) is 7.05 Å². The lowest BCUT2D eigenvalue weighted by atomic mass is 10.2. The average Bonchev–Trinajstić information content (AvgIpc) is 2.53. The lowest BCUT2D eigenvalue weighted by Crippen LogP contribution is -2.41. The van der Waals surface area contributed by atoms with Crippen molar-refractivity contribution in [2.45, 2.75) is 13.3 Å². The lowest BCUT2D eigenvalue weighted by molar-refractivity contribution is 0.453. The Kier molecular flexibility index (Phi) is 6.70. The van der Waals surface area contributed by atoms with Crippen LogP contribution in [0.25, 0.3) is 0 Å². The Morgan fingerprint density at radius 1 is 1.40 bits per heavy atom. The SMILES string of the molecule is CNCCNS(=O)(=O)N1CCC(C)C1.Cl. The van der Waals surface area contributed by atoms with Crippen molar-refractivity contribution < 1.29 is 8.42 Å². The first kappa shape index (κ1) is 15.1. The van der Waals surface area contributed by atoms with E-state index in [9.17, 15) is 8.42 Å². The molecule has 1 unspecified atom stereocenters.